The van der Waals surface area contributed by atoms with Gasteiger partial charge in [0.2, 0.25) is 5.91 Å². The normalized spacial score (nSPS) is 16.8. The summed E-state index contributed by atoms with van der Waals surface area (Å²) in [4.78, 5) is 30.0. The number of para-hydroxylation sites is 2. The Balaban J connectivity index is 1.82. The molecule has 4 rings (SSSR count). The number of ether oxygens (including phenoxy) is 1. The number of hydrogen-bond acceptors (Lipinski definition) is 3. The Hall–Kier alpha value is -3.12. The molecule has 1 atom stereocenters. The van der Waals surface area contributed by atoms with E-state index in [9.17, 15) is 9.59 Å². The van der Waals surface area contributed by atoms with Crippen LogP contribution < -0.4 is 14.5 Å². The Morgan fingerprint density at radius 3 is 2.24 bits per heavy atom. The van der Waals surface area contributed by atoms with Crippen molar-refractivity contribution >= 4 is 39.1 Å². The van der Waals surface area contributed by atoms with E-state index in [4.69, 9.17) is 4.74 Å². The van der Waals surface area contributed by atoms with Gasteiger partial charge in [-0.05, 0) is 42.0 Å². The molecule has 0 aliphatic carbocycles. The summed E-state index contributed by atoms with van der Waals surface area (Å²) >= 11 is 3.42. The van der Waals surface area contributed by atoms with Crippen LogP contribution in [0.15, 0.2) is 83.3 Å². The van der Waals surface area contributed by atoms with Crippen LogP contribution in [-0.2, 0) is 9.59 Å². The van der Waals surface area contributed by atoms with Crippen molar-refractivity contribution in [3.8, 4) is 5.75 Å². The lowest BCUT2D eigenvalue weighted by atomic mass is 9.99. The van der Waals surface area contributed by atoms with E-state index in [2.05, 4.69) is 15.9 Å². The van der Waals surface area contributed by atoms with E-state index in [-0.39, 0.29) is 18.4 Å². The molecule has 0 bridgehead atoms. The Kier molecular flexibility index (Phi) is 5.36. The standard InChI is InChI=1S/C23H19BrN2O3/c1-29-20-10-6-5-9-19(20)25-15-21(27)26(18-13-11-17(24)12-14-18)22(23(25)28)16-7-3-2-4-8-16/h2-14,22H,15H2,1H3/t22-/m0/s1. The number of methoxy groups -OCH3 is 1. The molecular formula is C23H19BrN2O3. The number of benzene rings is 3. The first kappa shape index (κ1) is 19.2. The van der Waals surface area contributed by atoms with E-state index in [1.165, 1.54) is 4.90 Å². The van der Waals surface area contributed by atoms with Crippen LogP contribution in [0.3, 0.4) is 0 Å². The molecule has 0 aromatic heterocycles. The first-order valence-electron chi connectivity index (χ1n) is 9.17. The molecular weight excluding hydrogens is 432 g/mol. The minimum Gasteiger partial charge on any atom is -0.495 e. The Labute approximate surface area is 177 Å². The largest absolute Gasteiger partial charge is 0.495 e. The fourth-order valence-electron chi connectivity index (χ4n) is 3.57. The molecule has 1 saturated heterocycles. The molecule has 3 aromatic carbocycles. The van der Waals surface area contributed by atoms with Gasteiger partial charge in [-0.15, -0.1) is 0 Å². The van der Waals surface area contributed by atoms with E-state index in [1.54, 1.807) is 24.1 Å². The summed E-state index contributed by atoms with van der Waals surface area (Å²) in [6.07, 6.45) is 0. The van der Waals surface area contributed by atoms with Gasteiger partial charge >= 0.3 is 0 Å². The third-order valence-corrected chi connectivity index (χ3v) is 5.44. The summed E-state index contributed by atoms with van der Waals surface area (Å²) in [6.45, 7) is -0.0569. The summed E-state index contributed by atoms with van der Waals surface area (Å²) in [7, 11) is 1.55. The minimum atomic E-state index is -0.761. The van der Waals surface area contributed by atoms with Crippen molar-refractivity contribution in [3.05, 3.63) is 88.9 Å². The van der Waals surface area contributed by atoms with Crippen molar-refractivity contribution in [2.24, 2.45) is 0 Å². The molecule has 0 N–H and O–H groups in total. The third-order valence-electron chi connectivity index (χ3n) is 4.92. The molecule has 1 heterocycles. The van der Waals surface area contributed by atoms with Gasteiger partial charge in [-0.2, -0.15) is 0 Å². The highest BCUT2D eigenvalue weighted by atomic mass is 79.9. The summed E-state index contributed by atoms with van der Waals surface area (Å²) in [5.74, 6) is 0.215. The number of carbonyl (C=O) groups is 2. The third kappa shape index (κ3) is 3.63. The molecule has 2 amide bonds. The Morgan fingerprint density at radius 2 is 1.55 bits per heavy atom. The van der Waals surface area contributed by atoms with Crippen LogP contribution >= 0.6 is 15.9 Å². The zero-order valence-electron chi connectivity index (χ0n) is 15.8. The number of anilines is 2. The van der Waals surface area contributed by atoms with Crippen molar-refractivity contribution in [2.45, 2.75) is 6.04 Å². The van der Waals surface area contributed by atoms with Gasteiger partial charge in [-0.3, -0.25) is 19.4 Å². The average Bonchev–Trinajstić information content (AvgIpc) is 2.76. The van der Waals surface area contributed by atoms with Crippen molar-refractivity contribution in [2.75, 3.05) is 23.5 Å². The molecule has 0 unspecified atom stereocenters. The Morgan fingerprint density at radius 1 is 0.897 bits per heavy atom. The van der Waals surface area contributed by atoms with Gasteiger partial charge in [0.15, 0.2) is 0 Å². The van der Waals surface area contributed by atoms with E-state index >= 15 is 0 Å². The van der Waals surface area contributed by atoms with E-state index in [1.807, 2.05) is 66.7 Å². The van der Waals surface area contributed by atoms with Crippen molar-refractivity contribution in [1.82, 2.24) is 0 Å². The summed E-state index contributed by atoms with van der Waals surface area (Å²) in [5, 5.41) is 0. The minimum absolute atomic E-state index is 0.0569. The van der Waals surface area contributed by atoms with Crippen LogP contribution in [0.2, 0.25) is 0 Å². The first-order chi connectivity index (χ1) is 14.1. The first-order valence-corrected chi connectivity index (χ1v) is 9.96. The van der Waals surface area contributed by atoms with Crippen molar-refractivity contribution in [1.29, 1.82) is 0 Å². The van der Waals surface area contributed by atoms with Gasteiger partial charge in [0.25, 0.3) is 5.91 Å². The maximum absolute atomic E-state index is 13.7. The molecule has 1 aliphatic heterocycles. The van der Waals surface area contributed by atoms with Gasteiger partial charge in [0.1, 0.15) is 18.3 Å². The van der Waals surface area contributed by atoms with E-state index in [0.717, 1.165) is 10.0 Å². The van der Waals surface area contributed by atoms with Gasteiger partial charge < -0.3 is 4.74 Å². The monoisotopic (exact) mass is 450 g/mol. The predicted octanol–water partition coefficient (Wildman–Crippen LogP) is 4.58. The van der Waals surface area contributed by atoms with Gasteiger partial charge in [0.05, 0.1) is 12.8 Å². The zero-order chi connectivity index (χ0) is 20.4. The Bertz CT molecular complexity index is 1040. The highest BCUT2D eigenvalue weighted by Gasteiger charge is 2.42. The van der Waals surface area contributed by atoms with Crippen LogP contribution in [0.25, 0.3) is 0 Å². The number of hydrogen-bond donors (Lipinski definition) is 0. The number of rotatable bonds is 4. The molecule has 0 saturated carbocycles. The molecule has 29 heavy (non-hydrogen) atoms. The maximum Gasteiger partial charge on any atom is 0.255 e. The summed E-state index contributed by atoms with van der Waals surface area (Å²) < 4.78 is 6.33. The van der Waals surface area contributed by atoms with Crippen LogP contribution in [0, 0.1) is 0 Å². The SMILES string of the molecule is COc1ccccc1N1CC(=O)N(c2ccc(Br)cc2)[C@@H](c2ccccc2)C1=O. The quantitative estimate of drug-likeness (QED) is 0.584. The van der Waals surface area contributed by atoms with E-state index < -0.39 is 6.04 Å². The molecule has 6 heteroatoms. The predicted molar refractivity (Wildman–Crippen MR) is 116 cm³/mol. The molecule has 1 fully saturated rings. The lowest BCUT2D eigenvalue weighted by molar-refractivity contribution is -0.128. The maximum atomic E-state index is 13.7. The van der Waals surface area contributed by atoms with Crippen molar-refractivity contribution in [3.63, 3.8) is 0 Å². The number of amides is 2. The fourth-order valence-corrected chi connectivity index (χ4v) is 3.83. The highest BCUT2D eigenvalue weighted by Crippen LogP contribution is 2.37. The number of nitrogens with zero attached hydrogens (tertiary/aromatic N) is 2. The lowest BCUT2D eigenvalue weighted by Gasteiger charge is -2.40. The second-order valence-electron chi connectivity index (χ2n) is 6.65. The number of halogens is 1. The molecule has 0 radical (unpaired) electrons. The molecule has 5 nitrogen and oxygen atoms in total. The van der Waals surface area contributed by atoms with E-state index in [0.29, 0.717) is 17.1 Å². The van der Waals surface area contributed by atoms with Crippen LogP contribution in [-0.4, -0.2) is 25.5 Å². The van der Waals surface area contributed by atoms with Gasteiger partial charge in [-0.25, -0.2) is 0 Å². The smallest absolute Gasteiger partial charge is 0.255 e. The summed E-state index contributed by atoms with van der Waals surface area (Å²) in [5.41, 5.74) is 2.03. The topological polar surface area (TPSA) is 49.9 Å². The molecule has 3 aromatic rings. The lowest BCUT2D eigenvalue weighted by Crippen LogP contribution is -2.56. The number of piperazine rings is 1. The van der Waals surface area contributed by atoms with Crippen LogP contribution in [0.4, 0.5) is 11.4 Å². The summed E-state index contributed by atoms with van der Waals surface area (Å²) in [6, 6.07) is 23.2. The second-order valence-corrected chi connectivity index (χ2v) is 7.57. The molecule has 0 spiro atoms. The van der Waals surface area contributed by atoms with Crippen LogP contribution in [0.1, 0.15) is 11.6 Å². The fraction of sp³-hybridized carbons (Fsp3) is 0.130. The van der Waals surface area contributed by atoms with Gasteiger partial charge in [0, 0.05) is 10.2 Å². The zero-order valence-corrected chi connectivity index (χ0v) is 17.4. The molecule has 146 valence electrons. The average molecular weight is 451 g/mol. The van der Waals surface area contributed by atoms with Crippen LogP contribution in [0.5, 0.6) is 5.75 Å². The van der Waals surface area contributed by atoms with Gasteiger partial charge in [-0.1, -0.05) is 58.4 Å². The second kappa shape index (κ2) is 8.09. The highest BCUT2D eigenvalue weighted by molar-refractivity contribution is 9.10. The van der Waals surface area contributed by atoms with Crippen molar-refractivity contribution < 1.29 is 14.3 Å². The molecule has 1 aliphatic rings. The number of carbonyl (C=O) groups excluding carboxylic acids is 2.